The van der Waals surface area contributed by atoms with Crippen LogP contribution in [0.25, 0.3) is 11.3 Å². The van der Waals surface area contributed by atoms with Crippen LogP contribution in [0.4, 0.5) is 10.1 Å². The number of fused-ring (bicyclic) bond motifs is 1. The Balaban J connectivity index is 1.76. The highest BCUT2D eigenvalue weighted by Gasteiger charge is 2.29. The van der Waals surface area contributed by atoms with E-state index in [1.54, 1.807) is 35.2 Å². The van der Waals surface area contributed by atoms with Gasteiger partial charge in [-0.25, -0.2) is 4.39 Å². The molecule has 0 saturated heterocycles. The lowest BCUT2D eigenvalue weighted by atomic mass is 10.0. The summed E-state index contributed by atoms with van der Waals surface area (Å²) in [5, 5.41) is 0.885. The largest absolute Gasteiger partial charge is 0.358 e. The summed E-state index contributed by atoms with van der Waals surface area (Å²) in [6, 6.07) is 11.7. The van der Waals surface area contributed by atoms with Gasteiger partial charge in [-0.05, 0) is 42.8 Å². The van der Waals surface area contributed by atoms with E-state index in [0.29, 0.717) is 34.3 Å². The summed E-state index contributed by atoms with van der Waals surface area (Å²) in [7, 11) is 0. The van der Waals surface area contributed by atoms with Gasteiger partial charge in [0.2, 0.25) is 0 Å². The number of aryl methyl sites for hydroxylation is 1. The van der Waals surface area contributed by atoms with Gasteiger partial charge in [-0.15, -0.1) is 0 Å². The number of benzene rings is 2. The fourth-order valence-electron chi connectivity index (χ4n) is 3.35. The highest BCUT2D eigenvalue weighted by Crippen LogP contribution is 2.34. The Hall–Kier alpha value is -2.30. The molecule has 6 heteroatoms. The maximum atomic E-state index is 14.2. The second kappa shape index (κ2) is 6.45. The number of nitrogens with one attached hydrogen (secondary N) is 1. The first-order chi connectivity index (χ1) is 12.5. The fraction of sp³-hybridized carbons (Fsp3) is 0.150. The number of rotatable bonds is 2. The second-order valence-electron chi connectivity index (χ2n) is 6.31. The van der Waals surface area contributed by atoms with E-state index in [1.165, 1.54) is 6.07 Å². The third-order valence-corrected chi connectivity index (χ3v) is 5.20. The van der Waals surface area contributed by atoms with Gasteiger partial charge in [-0.1, -0.05) is 35.3 Å². The maximum Gasteiger partial charge on any atom is 0.260 e. The molecule has 3 nitrogen and oxygen atoms in total. The number of hydrogen-bond donors (Lipinski definition) is 1. The quantitative estimate of drug-likeness (QED) is 0.605. The number of hydrogen-bond acceptors (Lipinski definition) is 1. The molecule has 2 heterocycles. The molecule has 132 valence electrons. The van der Waals surface area contributed by atoms with Gasteiger partial charge in [0.05, 0.1) is 21.8 Å². The van der Waals surface area contributed by atoms with Crippen LogP contribution in [0.3, 0.4) is 0 Å². The molecule has 0 spiro atoms. The number of aromatic nitrogens is 1. The highest BCUT2D eigenvalue weighted by atomic mass is 35.5. The minimum Gasteiger partial charge on any atom is -0.358 e. The van der Waals surface area contributed by atoms with Crippen molar-refractivity contribution in [1.82, 2.24) is 4.98 Å². The minimum atomic E-state index is -0.425. The van der Waals surface area contributed by atoms with E-state index in [9.17, 15) is 9.18 Å². The molecular formula is C20H15Cl2FN2O. The molecule has 1 aromatic heterocycles. The van der Waals surface area contributed by atoms with Crippen LogP contribution >= 0.6 is 23.2 Å². The molecule has 0 fully saturated rings. The van der Waals surface area contributed by atoms with Gasteiger partial charge < -0.3 is 9.88 Å². The number of halogens is 3. The van der Waals surface area contributed by atoms with Crippen molar-refractivity contribution < 1.29 is 9.18 Å². The van der Waals surface area contributed by atoms with Crippen LogP contribution in [0.1, 0.15) is 21.6 Å². The summed E-state index contributed by atoms with van der Waals surface area (Å²) in [6.45, 7) is 2.47. The molecule has 1 amide bonds. The number of carbonyl (C=O) groups excluding carboxylic acids is 1. The number of anilines is 1. The Bertz CT molecular complexity index is 1010. The third kappa shape index (κ3) is 2.79. The molecule has 0 bridgehead atoms. The van der Waals surface area contributed by atoms with Gasteiger partial charge in [-0.3, -0.25) is 4.79 Å². The van der Waals surface area contributed by atoms with Gasteiger partial charge in [0, 0.05) is 29.4 Å². The van der Waals surface area contributed by atoms with E-state index in [1.807, 2.05) is 13.0 Å². The summed E-state index contributed by atoms with van der Waals surface area (Å²) in [4.78, 5) is 17.9. The molecule has 26 heavy (non-hydrogen) atoms. The van der Waals surface area contributed by atoms with Crippen LogP contribution in [0.15, 0.2) is 42.5 Å². The van der Waals surface area contributed by atoms with Crippen molar-refractivity contribution in [3.63, 3.8) is 0 Å². The van der Waals surface area contributed by atoms with E-state index >= 15 is 0 Å². The SMILES string of the molecule is Cc1ccc(Cl)cc1N1CCc2[nH]c(-c3c(F)cccc3Cl)cc2C1=O. The zero-order chi connectivity index (χ0) is 18.4. The topological polar surface area (TPSA) is 36.1 Å². The van der Waals surface area contributed by atoms with Crippen molar-refractivity contribution >= 4 is 34.8 Å². The van der Waals surface area contributed by atoms with Crippen LogP contribution in [0, 0.1) is 12.7 Å². The zero-order valence-electron chi connectivity index (χ0n) is 13.9. The lowest BCUT2D eigenvalue weighted by Crippen LogP contribution is -2.37. The average molecular weight is 389 g/mol. The minimum absolute atomic E-state index is 0.133. The molecule has 4 rings (SSSR count). The Morgan fingerprint density at radius 3 is 2.73 bits per heavy atom. The average Bonchev–Trinajstić information content (AvgIpc) is 3.02. The van der Waals surface area contributed by atoms with Gasteiger partial charge in [-0.2, -0.15) is 0 Å². The summed E-state index contributed by atoms with van der Waals surface area (Å²) < 4.78 is 14.2. The summed E-state index contributed by atoms with van der Waals surface area (Å²) >= 11 is 12.3. The predicted molar refractivity (Wildman–Crippen MR) is 103 cm³/mol. The molecule has 0 aliphatic carbocycles. The zero-order valence-corrected chi connectivity index (χ0v) is 15.5. The van der Waals surface area contributed by atoms with Crippen LogP contribution in [-0.2, 0) is 6.42 Å². The molecule has 1 aliphatic heterocycles. The van der Waals surface area contributed by atoms with Gasteiger partial charge in [0.1, 0.15) is 5.82 Å². The lowest BCUT2D eigenvalue weighted by molar-refractivity contribution is 0.0980. The Kier molecular flexibility index (Phi) is 4.25. The van der Waals surface area contributed by atoms with Crippen LogP contribution in [0.5, 0.6) is 0 Å². The lowest BCUT2D eigenvalue weighted by Gasteiger charge is -2.28. The first kappa shape index (κ1) is 17.1. The first-order valence-corrected chi connectivity index (χ1v) is 8.95. The van der Waals surface area contributed by atoms with Crippen molar-refractivity contribution in [1.29, 1.82) is 0 Å². The van der Waals surface area contributed by atoms with Crippen LogP contribution in [0.2, 0.25) is 10.0 Å². The molecule has 2 aromatic carbocycles. The van der Waals surface area contributed by atoms with Crippen molar-refractivity contribution in [2.75, 3.05) is 11.4 Å². The van der Waals surface area contributed by atoms with E-state index in [2.05, 4.69) is 4.98 Å². The molecule has 0 atom stereocenters. The number of aromatic amines is 1. The standard InChI is InChI=1S/C20H15Cl2FN2O/c1-11-5-6-12(21)9-18(11)25-8-7-16-13(20(25)26)10-17(24-16)19-14(22)3-2-4-15(19)23/h2-6,9-10,24H,7-8H2,1H3. The number of nitrogens with zero attached hydrogens (tertiary/aromatic N) is 1. The van der Waals surface area contributed by atoms with Gasteiger partial charge in [0.25, 0.3) is 5.91 Å². The molecule has 1 N–H and O–H groups in total. The van der Waals surface area contributed by atoms with Gasteiger partial charge in [0.15, 0.2) is 0 Å². The third-order valence-electron chi connectivity index (χ3n) is 4.65. The predicted octanol–water partition coefficient (Wildman–Crippen LogP) is 5.64. The van der Waals surface area contributed by atoms with Gasteiger partial charge >= 0.3 is 0 Å². The van der Waals surface area contributed by atoms with E-state index < -0.39 is 5.82 Å². The number of carbonyl (C=O) groups is 1. The molecule has 1 aliphatic rings. The summed E-state index contributed by atoms with van der Waals surface area (Å²) in [5.74, 6) is -0.558. The summed E-state index contributed by atoms with van der Waals surface area (Å²) in [5.41, 5.74) is 3.88. The molecule has 3 aromatic rings. The van der Waals surface area contributed by atoms with E-state index in [4.69, 9.17) is 23.2 Å². The Morgan fingerprint density at radius 1 is 1.15 bits per heavy atom. The normalized spacial score (nSPS) is 13.8. The van der Waals surface area contributed by atoms with E-state index in [0.717, 1.165) is 16.9 Å². The molecule has 0 radical (unpaired) electrons. The summed E-state index contributed by atoms with van der Waals surface area (Å²) in [6.07, 6.45) is 0.638. The molecule has 0 unspecified atom stereocenters. The Labute approximate surface area is 160 Å². The van der Waals surface area contributed by atoms with Crippen LogP contribution < -0.4 is 4.90 Å². The molecule has 0 saturated carbocycles. The first-order valence-electron chi connectivity index (χ1n) is 8.20. The monoisotopic (exact) mass is 388 g/mol. The van der Waals surface area contributed by atoms with Crippen molar-refractivity contribution in [3.05, 3.63) is 75.1 Å². The number of amides is 1. The Morgan fingerprint density at radius 2 is 1.96 bits per heavy atom. The number of H-pyrrole nitrogens is 1. The second-order valence-corrected chi connectivity index (χ2v) is 7.15. The fourth-order valence-corrected chi connectivity index (χ4v) is 3.78. The highest BCUT2D eigenvalue weighted by molar-refractivity contribution is 6.33. The maximum absolute atomic E-state index is 14.2. The smallest absolute Gasteiger partial charge is 0.260 e. The van der Waals surface area contributed by atoms with Crippen LogP contribution in [-0.4, -0.2) is 17.4 Å². The van der Waals surface area contributed by atoms with Crippen molar-refractivity contribution in [2.45, 2.75) is 13.3 Å². The van der Waals surface area contributed by atoms with Crippen molar-refractivity contribution in [2.24, 2.45) is 0 Å². The van der Waals surface area contributed by atoms with Crippen molar-refractivity contribution in [3.8, 4) is 11.3 Å². The van der Waals surface area contributed by atoms with E-state index in [-0.39, 0.29) is 11.5 Å². The molecular weight excluding hydrogens is 374 g/mol.